The first-order valence-electron chi connectivity index (χ1n) is 11.5. The number of hydrogen-bond acceptors (Lipinski definition) is 9. The van der Waals surface area contributed by atoms with Gasteiger partial charge >= 0.3 is 6.18 Å². The highest BCUT2D eigenvalue weighted by molar-refractivity contribution is 6.52. The Morgan fingerprint density at radius 2 is 1.07 bits per heavy atom. The van der Waals surface area contributed by atoms with Gasteiger partial charge in [0.15, 0.2) is 11.3 Å². The van der Waals surface area contributed by atoms with E-state index in [9.17, 15) is 52.5 Å². The van der Waals surface area contributed by atoms with Gasteiger partial charge in [0, 0.05) is 16.7 Å². The van der Waals surface area contributed by atoms with Crippen LogP contribution in [0.15, 0.2) is 91.0 Å². The lowest BCUT2D eigenvalue weighted by Crippen LogP contribution is -2.81. The van der Waals surface area contributed by atoms with Crippen LogP contribution in [0.4, 0.5) is 13.2 Å². The minimum atomic E-state index is -6.05. The highest BCUT2D eigenvalue weighted by Crippen LogP contribution is 2.38. The molecule has 0 saturated carbocycles. The molecule has 9 nitrogen and oxygen atoms in total. The lowest BCUT2D eigenvalue weighted by molar-refractivity contribution is -0.194. The summed E-state index contributed by atoms with van der Waals surface area (Å²) >= 11 is 0. The van der Waals surface area contributed by atoms with Crippen molar-refractivity contribution in [1.29, 1.82) is 0 Å². The van der Waals surface area contributed by atoms with Crippen molar-refractivity contribution in [3.05, 3.63) is 108 Å². The maximum Gasteiger partial charge on any atom is 0.452 e. The first kappa shape index (κ1) is 30.2. The second kappa shape index (κ2) is 11.4. The molecular formula is C28H22F3NO8. The molecule has 0 fully saturated rings. The van der Waals surface area contributed by atoms with Crippen molar-refractivity contribution in [1.82, 2.24) is 0 Å². The van der Waals surface area contributed by atoms with Crippen molar-refractivity contribution in [2.75, 3.05) is 0 Å². The van der Waals surface area contributed by atoms with Crippen LogP contribution in [0.5, 0.6) is 0 Å². The minimum absolute atomic E-state index is 0.361. The van der Waals surface area contributed by atoms with Crippen LogP contribution in [0.2, 0.25) is 0 Å². The largest absolute Gasteiger partial charge is 0.452 e. The molecule has 0 aromatic heterocycles. The highest BCUT2D eigenvalue weighted by atomic mass is 19.4. The van der Waals surface area contributed by atoms with Crippen LogP contribution in [-0.4, -0.2) is 73.8 Å². The Morgan fingerprint density at radius 3 is 1.50 bits per heavy atom. The molecule has 0 saturated heterocycles. The van der Waals surface area contributed by atoms with Gasteiger partial charge in [0.25, 0.3) is 5.78 Å². The van der Waals surface area contributed by atoms with Gasteiger partial charge in [0.1, 0.15) is 12.2 Å². The SMILES string of the molecule is N[C@](C(=O)C(F)(F)F)([C@H](O)C(O)C(=O)c1ccccc1)[C@@](O)(C(=O)C(=O)c1ccccc1)C(=O)c1ccccc1. The molecule has 0 bridgehead atoms. The van der Waals surface area contributed by atoms with E-state index in [1.165, 1.54) is 54.6 Å². The summed E-state index contributed by atoms with van der Waals surface area (Å²) < 4.78 is 41.9. The molecule has 0 aliphatic carbocycles. The lowest BCUT2D eigenvalue weighted by atomic mass is 9.64. The summed E-state index contributed by atoms with van der Waals surface area (Å²) in [7, 11) is 0. The van der Waals surface area contributed by atoms with Gasteiger partial charge in [-0.1, -0.05) is 91.0 Å². The Bertz CT molecular complexity index is 1430. The molecule has 4 atom stereocenters. The molecule has 208 valence electrons. The molecule has 5 N–H and O–H groups in total. The van der Waals surface area contributed by atoms with Gasteiger partial charge in [-0.2, -0.15) is 13.2 Å². The van der Waals surface area contributed by atoms with Gasteiger partial charge in [-0.05, 0) is 0 Å². The Hall–Kier alpha value is -4.36. The fourth-order valence-electron chi connectivity index (χ4n) is 4.07. The van der Waals surface area contributed by atoms with E-state index in [2.05, 4.69) is 0 Å². The highest BCUT2D eigenvalue weighted by Gasteiger charge is 2.72. The van der Waals surface area contributed by atoms with E-state index in [4.69, 9.17) is 5.73 Å². The van der Waals surface area contributed by atoms with E-state index in [1.807, 2.05) is 0 Å². The molecular weight excluding hydrogens is 535 g/mol. The smallest absolute Gasteiger partial charge is 0.387 e. The zero-order valence-corrected chi connectivity index (χ0v) is 20.4. The van der Waals surface area contributed by atoms with Gasteiger partial charge in [-0.3, -0.25) is 24.0 Å². The van der Waals surface area contributed by atoms with Crippen LogP contribution in [0, 0.1) is 0 Å². The van der Waals surface area contributed by atoms with Gasteiger partial charge < -0.3 is 21.1 Å². The van der Waals surface area contributed by atoms with Crippen LogP contribution in [0.3, 0.4) is 0 Å². The number of hydrogen-bond donors (Lipinski definition) is 4. The van der Waals surface area contributed by atoms with Gasteiger partial charge in [-0.15, -0.1) is 0 Å². The molecule has 0 radical (unpaired) electrons. The van der Waals surface area contributed by atoms with Crippen molar-refractivity contribution in [3.63, 3.8) is 0 Å². The number of Topliss-reactive ketones (excluding diaryl/α,β-unsaturated/α-hetero) is 5. The second-order valence-electron chi connectivity index (χ2n) is 8.75. The average molecular weight is 557 g/mol. The molecule has 0 aliphatic rings. The molecule has 0 spiro atoms. The number of ketones is 5. The quantitative estimate of drug-likeness (QED) is 0.155. The molecule has 0 heterocycles. The zero-order chi connectivity index (χ0) is 29.9. The number of halogens is 3. The minimum Gasteiger partial charge on any atom is -0.387 e. The molecule has 3 rings (SSSR count). The number of rotatable bonds is 11. The Labute approximate surface area is 224 Å². The van der Waals surface area contributed by atoms with Crippen LogP contribution < -0.4 is 5.73 Å². The number of aliphatic hydroxyl groups is 3. The Kier molecular flexibility index (Phi) is 8.60. The van der Waals surface area contributed by atoms with Crippen molar-refractivity contribution in [2.45, 2.75) is 29.5 Å². The number of nitrogens with two attached hydrogens (primary N) is 1. The molecule has 3 aromatic rings. The number of alkyl halides is 3. The van der Waals surface area contributed by atoms with E-state index >= 15 is 0 Å². The first-order valence-corrected chi connectivity index (χ1v) is 11.5. The zero-order valence-electron chi connectivity index (χ0n) is 20.4. The van der Waals surface area contributed by atoms with Crippen molar-refractivity contribution in [3.8, 4) is 0 Å². The summed E-state index contributed by atoms with van der Waals surface area (Å²) in [6.07, 6.45) is -12.5. The second-order valence-corrected chi connectivity index (χ2v) is 8.75. The van der Waals surface area contributed by atoms with E-state index in [1.54, 1.807) is 0 Å². The summed E-state index contributed by atoms with van der Waals surface area (Å²) in [4.78, 5) is 65.8. The summed E-state index contributed by atoms with van der Waals surface area (Å²) in [5, 5.41) is 33.2. The molecule has 40 heavy (non-hydrogen) atoms. The summed E-state index contributed by atoms with van der Waals surface area (Å²) in [6, 6.07) is 17.9. The van der Waals surface area contributed by atoms with Crippen molar-refractivity contribution >= 4 is 28.9 Å². The monoisotopic (exact) mass is 557 g/mol. The fraction of sp³-hybridized carbons (Fsp3) is 0.179. The summed E-state index contributed by atoms with van der Waals surface area (Å²) in [5.74, 6) is -10.7. The average Bonchev–Trinajstić information content (AvgIpc) is 2.98. The third kappa shape index (κ3) is 5.25. The maximum absolute atomic E-state index is 14.0. The van der Waals surface area contributed by atoms with E-state index < -0.39 is 69.6 Å². The van der Waals surface area contributed by atoms with Crippen molar-refractivity contribution < 1.29 is 52.5 Å². The Morgan fingerprint density at radius 1 is 0.675 bits per heavy atom. The molecule has 1 unspecified atom stereocenters. The van der Waals surface area contributed by atoms with Crippen molar-refractivity contribution in [2.24, 2.45) is 5.73 Å². The Balaban J connectivity index is 2.32. The van der Waals surface area contributed by atoms with Crippen LogP contribution in [-0.2, 0) is 9.59 Å². The fourth-order valence-corrected chi connectivity index (χ4v) is 4.07. The predicted molar refractivity (Wildman–Crippen MR) is 132 cm³/mol. The third-order valence-corrected chi connectivity index (χ3v) is 6.26. The van der Waals surface area contributed by atoms with Gasteiger partial charge in [0.2, 0.25) is 23.0 Å². The molecule has 0 aliphatic heterocycles. The van der Waals surface area contributed by atoms with Gasteiger partial charge in [-0.25, -0.2) is 0 Å². The van der Waals surface area contributed by atoms with Crippen LogP contribution >= 0.6 is 0 Å². The molecule has 12 heteroatoms. The number of benzene rings is 3. The topological polar surface area (TPSA) is 172 Å². The lowest BCUT2D eigenvalue weighted by Gasteiger charge is -2.44. The normalized spacial score (nSPS) is 16.1. The first-order chi connectivity index (χ1) is 18.7. The summed E-state index contributed by atoms with van der Waals surface area (Å²) in [5.41, 5.74) is -4.77. The number of carbonyl (C=O) groups excluding carboxylic acids is 5. The number of carbonyl (C=O) groups is 5. The van der Waals surface area contributed by atoms with Gasteiger partial charge in [0.05, 0.1) is 0 Å². The predicted octanol–water partition coefficient (Wildman–Crippen LogP) is 1.49. The van der Waals surface area contributed by atoms with Crippen LogP contribution in [0.1, 0.15) is 31.1 Å². The van der Waals surface area contributed by atoms with E-state index in [-0.39, 0.29) is 5.56 Å². The molecule has 0 amide bonds. The van der Waals surface area contributed by atoms with E-state index in [0.717, 1.165) is 36.4 Å². The van der Waals surface area contributed by atoms with Crippen LogP contribution in [0.25, 0.3) is 0 Å². The summed E-state index contributed by atoms with van der Waals surface area (Å²) in [6.45, 7) is 0. The third-order valence-electron chi connectivity index (χ3n) is 6.26. The number of aliphatic hydroxyl groups excluding tert-OH is 2. The molecule has 3 aromatic carbocycles. The maximum atomic E-state index is 14.0. The van der Waals surface area contributed by atoms with E-state index in [0.29, 0.717) is 0 Å². The standard InChI is InChI=1S/C28H22F3NO8/c29-28(30,31)25(39)26(32,23(37)21(35)19(33)16-10-4-1-5-11-16)27(40,22(36)18-14-8-3-9-15-18)24(38)20(34)17-12-6-2-7-13-17/h1-15,21,23,35,37,40H,32H2/t21?,23-,26+,27+/m1/s1.